The fraction of sp³-hybridized carbons (Fsp3) is 0.0714. The molecule has 21 heavy (non-hydrogen) atoms. The Morgan fingerprint density at radius 3 is 2.67 bits per heavy atom. The molecule has 0 bridgehead atoms. The Kier molecular flexibility index (Phi) is 3.83. The predicted molar refractivity (Wildman–Crippen MR) is 77.9 cm³/mol. The number of benzene rings is 1. The third kappa shape index (κ3) is 3.38. The number of anilines is 1. The van der Waals surface area contributed by atoms with Crippen LogP contribution in [-0.2, 0) is 5.75 Å². The smallest absolute Gasteiger partial charge is 0.237 e. The van der Waals surface area contributed by atoms with Crippen molar-refractivity contribution in [3.05, 3.63) is 54.3 Å². The van der Waals surface area contributed by atoms with Gasteiger partial charge in [-0.25, -0.2) is 9.37 Å². The Morgan fingerprint density at radius 2 is 1.95 bits per heavy atom. The van der Waals surface area contributed by atoms with E-state index >= 15 is 0 Å². The Balaban J connectivity index is 1.67. The summed E-state index contributed by atoms with van der Waals surface area (Å²) >= 11 is 1.52. The average Bonchev–Trinajstić information content (AvgIpc) is 2.96. The van der Waals surface area contributed by atoms with Gasteiger partial charge in [0.05, 0.1) is 5.75 Å². The minimum absolute atomic E-state index is 0.297. The highest BCUT2D eigenvalue weighted by molar-refractivity contribution is 7.98. The number of aromatic nitrogens is 3. The van der Waals surface area contributed by atoms with Crippen LogP contribution < -0.4 is 5.73 Å². The molecule has 0 aliphatic heterocycles. The molecular weight excluding hydrogens is 291 g/mol. The van der Waals surface area contributed by atoms with Crippen LogP contribution >= 0.6 is 11.8 Å². The quantitative estimate of drug-likeness (QED) is 0.746. The van der Waals surface area contributed by atoms with Crippen molar-refractivity contribution in [1.82, 2.24) is 15.1 Å². The van der Waals surface area contributed by atoms with Gasteiger partial charge < -0.3 is 10.3 Å². The maximum atomic E-state index is 12.9. The van der Waals surface area contributed by atoms with E-state index in [1.807, 2.05) is 6.07 Å². The third-order valence-electron chi connectivity index (χ3n) is 2.69. The molecule has 3 rings (SSSR count). The minimum Gasteiger partial charge on any atom is -0.384 e. The Bertz CT molecular complexity index is 727. The number of rotatable bonds is 4. The molecule has 0 unspecified atom stereocenters. The Labute approximate surface area is 124 Å². The van der Waals surface area contributed by atoms with Crippen molar-refractivity contribution in [3.8, 4) is 11.4 Å². The first-order chi connectivity index (χ1) is 10.2. The second-order valence-electron chi connectivity index (χ2n) is 4.23. The molecular formula is C14H11FN4OS. The van der Waals surface area contributed by atoms with Gasteiger partial charge in [0.1, 0.15) is 11.6 Å². The number of hydrogen-bond acceptors (Lipinski definition) is 6. The van der Waals surface area contributed by atoms with Gasteiger partial charge in [-0.15, -0.1) is 11.8 Å². The van der Waals surface area contributed by atoms with Crippen LogP contribution in [0.3, 0.4) is 0 Å². The summed E-state index contributed by atoms with van der Waals surface area (Å²) in [5.41, 5.74) is 6.24. The molecule has 0 saturated carbocycles. The molecule has 3 aromatic rings. The van der Waals surface area contributed by atoms with E-state index < -0.39 is 0 Å². The summed E-state index contributed by atoms with van der Waals surface area (Å²) in [5.74, 6) is 1.65. The van der Waals surface area contributed by atoms with E-state index in [9.17, 15) is 4.39 Å². The molecule has 0 fully saturated rings. The maximum Gasteiger partial charge on any atom is 0.237 e. The lowest BCUT2D eigenvalue weighted by molar-refractivity contribution is 0.391. The van der Waals surface area contributed by atoms with E-state index in [4.69, 9.17) is 10.3 Å². The molecule has 2 aromatic heterocycles. The van der Waals surface area contributed by atoms with Crippen molar-refractivity contribution >= 4 is 17.6 Å². The van der Waals surface area contributed by atoms with Crippen LogP contribution in [0.5, 0.6) is 0 Å². The summed E-state index contributed by atoms with van der Waals surface area (Å²) in [5, 5.41) is 3.88. The molecule has 2 N–H and O–H groups in total. The zero-order valence-corrected chi connectivity index (χ0v) is 11.7. The fourth-order valence-corrected chi connectivity index (χ4v) is 2.35. The number of pyridine rings is 1. The Hall–Kier alpha value is -2.41. The van der Waals surface area contributed by atoms with Crippen molar-refractivity contribution in [2.24, 2.45) is 0 Å². The van der Waals surface area contributed by atoms with E-state index in [0.29, 0.717) is 28.8 Å². The van der Waals surface area contributed by atoms with Gasteiger partial charge in [-0.05, 0) is 36.4 Å². The molecule has 0 atom stereocenters. The fourth-order valence-electron chi connectivity index (χ4n) is 1.65. The first kappa shape index (κ1) is 13.6. The number of hydrogen-bond donors (Lipinski definition) is 1. The van der Waals surface area contributed by atoms with Crippen LogP contribution in [0.25, 0.3) is 11.4 Å². The van der Waals surface area contributed by atoms with Crippen LogP contribution in [0.15, 0.2) is 52.0 Å². The summed E-state index contributed by atoms with van der Waals surface area (Å²) in [6.07, 6.45) is 1.69. The van der Waals surface area contributed by atoms with Crippen LogP contribution in [-0.4, -0.2) is 15.1 Å². The molecule has 106 valence electrons. The standard InChI is InChI=1S/C14H11FN4OS/c15-10-3-1-9(2-4-10)14-18-13(20-19-14)8-21-11-5-6-12(16)17-7-11/h1-7H,8H2,(H2,16,17). The third-order valence-corrected chi connectivity index (χ3v) is 3.66. The molecule has 0 radical (unpaired) electrons. The number of thioether (sulfide) groups is 1. The summed E-state index contributed by atoms with van der Waals surface area (Å²) in [4.78, 5) is 9.25. The highest BCUT2D eigenvalue weighted by Crippen LogP contribution is 2.23. The van der Waals surface area contributed by atoms with Gasteiger partial charge in [0.15, 0.2) is 0 Å². The largest absolute Gasteiger partial charge is 0.384 e. The predicted octanol–water partition coefficient (Wildman–Crippen LogP) is 3.15. The van der Waals surface area contributed by atoms with E-state index in [-0.39, 0.29) is 5.82 Å². The van der Waals surface area contributed by atoms with Gasteiger partial charge in [0, 0.05) is 16.7 Å². The highest BCUT2D eigenvalue weighted by Gasteiger charge is 2.09. The molecule has 7 heteroatoms. The molecule has 1 aromatic carbocycles. The second-order valence-corrected chi connectivity index (χ2v) is 5.27. The number of halogens is 1. The zero-order valence-electron chi connectivity index (χ0n) is 10.9. The van der Waals surface area contributed by atoms with Gasteiger partial charge >= 0.3 is 0 Å². The number of nitrogen functional groups attached to an aromatic ring is 1. The number of nitrogens with two attached hydrogens (primary N) is 1. The van der Waals surface area contributed by atoms with Gasteiger partial charge in [0.25, 0.3) is 0 Å². The first-order valence-electron chi connectivity index (χ1n) is 6.13. The van der Waals surface area contributed by atoms with E-state index in [2.05, 4.69) is 15.1 Å². The van der Waals surface area contributed by atoms with Gasteiger partial charge in [0.2, 0.25) is 11.7 Å². The average molecular weight is 302 g/mol. The lowest BCUT2D eigenvalue weighted by atomic mass is 10.2. The van der Waals surface area contributed by atoms with Gasteiger partial charge in [-0.1, -0.05) is 5.16 Å². The van der Waals surface area contributed by atoms with Gasteiger partial charge in [-0.3, -0.25) is 0 Å². The summed E-state index contributed by atoms with van der Waals surface area (Å²) in [6, 6.07) is 9.56. The molecule has 2 heterocycles. The summed E-state index contributed by atoms with van der Waals surface area (Å²) in [7, 11) is 0. The monoisotopic (exact) mass is 302 g/mol. The van der Waals surface area contributed by atoms with Crippen LogP contribution in [0.1, 0.15) is 5.89 Å². The Morgan fingerprint density at radius 1 is 1.14 bits per heavy atom. The summed E-state index contributed by atoms with van der Waals surface area (Å²) in [6.45, 7) is 0. The van der Waals surface area contributed by atoms with E-state index in [1.165, 1.54) is 23.9 Å². The maximum absolute atomic E-state index is 12.9. The van der Waals surface area contributed by atoms with E-state index in [1.54, 1.807) is 24.4 Å². The molecule has 0 saturated heterocycles. The minimum atomic E-state index is -0.297. The van der Waals surface area contributed by atoms with Crippen LogP contribution in [0.4, 0.5) is 10.2 Å². The van der Waals surface area contributed by atoms with Crippen molar-refractivity contribution in [1.29, 1.82) is 0 Å². The van der Waals surface area contributed by atoms with Crippen LogP contribution in [0.2, 0.25) is 0 Å². The first-order valence-corrected chi connectivity index (χ1v) is 7.12. The molecule has 0 aliphatic carbocycles. The lowest BCUT2D eigenvalue weighted by Gasteiger charge is -1.97. The van der Waals surface area contributed by atoms with Crippen molar-refractivity contribution in [2.75, 3.05) is 5.73 Å². The molecule has 0 amide bonds. The lowest BCUT2D eigenvalue weighted by Crippen LogP contribution is -1.88. The van der Waals surface area contributed by atoms with Crippen LogP contribution in [0, 0.1) is 5.82 Å². The SMILES string of the molecule is Nc1ccc(SCc2nc(-c3ccc(F)cc3)no2)cn1. The number of nitrogens with zero attached hydrogens (tertiary/aromatic N) is 3. The summed E-state index contributed by atoms with van der Waals surface area (Å²) < 4.78 is 18.0. The van der Waals surface area contributed by atoms with E-state index in [0.717, 1.165) is 4.90 Å². The molecule has 5 nitrogen and oxygen atoms in total. The van der Waals surface area contributed by atoms with Crippen molar-refractivity contribution in [3.63, 3.8) is 0 Å². The van der Waals surface area contributed by atoms with Crippen molar-refractivity contribution in [2.45, 2.75) is 10.6 Å². The highest BCUT2D eigenvalue weighted by atomic mass is 32.2. The molecule has 0 spiro atoms. The zero-order chi connectivity index (χ0) is 14.7. The molecule has 0 aliphatic rings. The van der Waals surface area contributed by atoms with Crippen molar-refractivity contribution < 1.29 is 8.91 Å². The van der Waals surface area contributed by atoms with Gasteiger partial charge in [-0.2, -0.15) is 4.98 Å². The second kappa shape index (κ2) is 5.92. The topological polar surface area (TPSA) is 77.8 Å². The normalized spacial score (nSPS) is 10.7.